The lowest BCUT2D eigenvalue weighted by Gasteiger charge is -2.16. The Kier molecular flexibility index (Phi) is 1.50. The third-order valence-electron chi connectivity index (χ3n) is 1.16. The van der Waals surface area contributed by atoms with Crippen LogP contribution in [-0.2, 0) is 4.74 Å². The van der Waals surface area contributed by atoms with Crippen molar-refractivity contribution in [2.24, 2.45) is 0 Å². The van der Waals surface area contributed by atoms with Gasteiger partial charge in [-0.25, -0.2) is 0 Å². The van der Waals surface area contributed by atoms with Crippen LogP contribution in [0.25, 0.3) is 0 Å². The van der Waals surface area contributed by atoms with Crippen molar-refractivity contribution in [3.63, 3.8) is 0 Å². The highest BCUT2D eigenvalue weighted by Crippen LogP contribution is 2.00. The number of nitrogens with zero attached hydrogens (tertiary/aromatic N) is 1. The Labute approximate surface area is 48.9 Å². The topological polar surface area (TPSA) is 24.5 Å². The van der Waals surface area contributed by atoms with E-state index in [9.17, 15) is 0 Å². The predicted octanol–water partition coefficient (Wildman–Crippen LogP) is -0.0774. The first-order valence-corrected chi connectivity index (χ1v) is 2.53. The minimum Gasteiger partial charge on any atom is -0.361 e. The van der Waals surface area contributed by atoms with Crippen LogP contribution >= 0.6 is 0 Å². The molecule has 0 saturated heterocycles. The number of hydrogen-bond acceptors (Lipinski definition) is 3. The van der Waals surface area contributed by atoms with Crippen LogP contribution in [0.5, 0.6) is 0 Å². The van der Waals surface area contributed by atoms with Gasteiger partial charge < -0.3 is 10.2 Å². The minimum atomic E-state index is 0.106. The van der Waals surface area contributed by atoms with E-state index in [2.05, 4.69) is 5.43 Å². The highest BCUT2D eigenvalue weighted by atomic mass is 16.5. The lowest BCUT2D eigenvalue weighted by Crippen LogP contribution is -2.34. The van der Waals surface area contributed by atoms with Gasteiger partial charge in [0.15, 0.2) is 0 Å². The van der Waals surface area contributed by atoms with E-state index in [1.165, 1.54) is 0 Å². The zero-order valence-electron chi connectivity index (χ0n) is 5.09. The molecule has 0 aliphatic carbocycles. The van der Waals surface area contributed by atoms with Gasteiger partial charge in [-0.1, -0.05) is 0 Å². The molecule has 1 aliphatic rings. The predicted molar refractivity (Wildman–Crippen MR) is 30.8 cm³/mol. The molecule has 3 nitrogen and oxygen atoms in total. The lowest BCUT2D eigenvalue weighted by molar-refractivity contribution is 0.0119. The van der Waals surface area contributed by atoms with Crippen LogP contribution < -0.4 is 5.43 Å². The second-order valence-corrected chi connectivity index (χ2v) is 1.73. The Bertz CT molecular complexity index is 103. The van der Waals surface area contributed by atoms with Gasteiger partial charge in [0.1, 0.15) is 6.23 Å². The summed E-state index contributed by atoms with van der Waals surface area (Å²) in [6.07, 6.45) is 3.91. The number of rotatable bonds is 1. The molecule has 3 heteroatoms. The highest BCUT2D eigenvalue weighted by Gasteiger charge is 2.11. The second-order valence-electron chi connectivity index (χ2n) is 1.73. The first-order valence-electron chi connectivity index (χ1n) is 2.53. The van der Waals surface area contributed by atoms with Crippen LogP contribution in [-0.4, -0.2) is 25.4 Å². The number of methoxy groups -OCH3 is 1. The summed E-state index contributed by atoms with van der Waals surface area (Å²) in [6, 6.07) is 0. The van der Waals surface area contributed by atoms with E-state index < -0.39 is 0 Å². The summed E-state index contributed by atoms with van der Waals surface area (Å²) < 4.78 is 5.00. The minimum absolute atomic E-state index is 0.106. The standard InChI is InChI=1S/C5H10N2O/c1-7-5(8-2)3-4-6-7/h3-6H,1-2H3. The summed E-state index contributed by atoms with van der Waals surface area (Å²) in [4.78, 5) is 0. The maximum Gasteiger partial charge on any atom is 0.147 e. The Balaban J connectivity index is 2.41. The summed E-state index contributed by atoms with van der Waals surface area (Å²) in [5, 5.41) is 1.88. The molecule has 0 aromatic carbocycles. The molecule has 1 rings (SSSR count). The molecule has 0 aromatic heterocycles. The van der Waals surface area contributed by atoms with Gasteiger partial charge in [-0.15, -0.1) is 0 Å². The maximum absolute atomic E-state index is 5.00. The summed E-state index contributed by atoms with van der Waals surface area (Å²) in [7, 11) is 3.60. The molecule has 0 amide bonds. The van der Waals surface area contributed by atoms with Crippen molar-refractivity contribution in [2.45, 2.75) is 6.23 Å². The van der Waals surface area contributed by atoms with Crippen LogP contribution in [0.15, 0.2) is 12.3 Å². The largest absolute Gasteiger partial charge is 0.361 e. The van der Waals surface area contributed by atoms with E-state index in [4.69, 9.17) is 4.74 Å². The van der Waals surface area contributed by atoms with E-state index >= 15 is 0 Å². The summed E-state index contributed by atoms with van der Waals surface area (Å²) in [5.74, 6) is 0. The average Bonchev–Trinajstić information content (AvgIpc) is 2.14. The van der Waals surface area contributed by atoms with Gasteiger partial charge in [0, 0.05) is 20.4 Å². The lowest BCUT2D eigenvalue weighted by atomic mass is 10.5. The van der Waals surface area contributed by atoms with E-state index in [-0.39, 0.29) is 6.23 Å². The Hall–Kier alpha value is -0.540. The molecule has 46 valence electrons. The molecule has 0 bridgehead atoms. The zero-order valence-corrected chi connectivity index (χ0v) is 5.09. The fraction of sp³-hybridized carbons (Fsp3) is 0.600. The van der Waals surface area contributed by atoms with Crippen molar-refractivity contribution >= 4 is 0 Å². The van der Waals surface area contributed by atoms with Gasteiger partial charge in [-0.2, -0.15) is 5.01 Å². The summed E-state index contributed by atoms with van der Waals surface area (Å²) >= 11 is 0. The van der Waals surface area contributed by atoms with Crippen LogP contribution in [0.4, 0.5) is 0 Å². The fourth-order valence-corrected chi connectivity index (χ4v) is 0.682. The molecule has 0 fully saturated rings. The summed E-state index contributed by atoms with van der Waals surface area (Å²) in [6.45, 7) is 0. The fourth-order valence-electron chi connectivity index (χ4n) is 0.682. The monoisotopic (exact) mass is 114 g/mol. The normalized spacial score (nSPS) is 28.5. The average molecular weight is 114 g/mol. The molecule has 1 heterocycles. The van der Waals surface area contributed by atoms with Crippen molar-refractivity contribution < 1.29 is 4.74 Å². The van der Waals surface area contributed by atoms with E-state index in [1.54, 1.807) is 7.11 Å². The van der Waals surface area contributed by atoms with Crippen LogP contribution in [0.1, 0.15) is 0 Å². The molecule has 1 unspecified atom stereocenters. The molecule has 1 atom stereocenters. The van der Waals surface area contributed by atoms with E-state index in [0.29, 0.717) is 0 Å². The number of likely N-dealkylation sites (N-methyl/N-ethyl adjacent to an activating group) is 1. The molecule has 1 N–H and O–H groups in total. The molecular formula is C5H10N2O. The molecule has 0 radical (unpaired) electrons. The zero-order chi connectivity index (χ0) is 5.98. The quantitative estimate of drug-likeness (QED) is 0.516. The molecule has 8 heavy (non-hydrogen) atoms. The Morgan fingerprint density at radius 2 is 2.50 bits per heavy atom. The van der Waals surface area contributed by atoms with Crippen molar-refractivity contribution in [2.75, 3.05) is 14.2 Å². The van der Waals surface area contributed by atoms with Crippen molar-refractivity contribution in [1.29, 1.82) is 0 Å². The van der Waals surface area contributed by atoms with Crippen molar-refractivity contribution in [3.05, 3.63) is 12.3 Å². The van der Waals surface area contributed by atoms with Gasteiger partial charge in [0.25, 0.3) is 0 Å². The number of ether oxygens (including phenoxy) is 1. The number of hydrazine groups is 1. The van der Waals surface area contributed by atoms with Crippen molar-refractivity contribution in [1.82, 2.24) is 10.4 Å². The van der Waals surface area contributed by atoms with Crippen LogP contribution in [0.3, 0.4) is 0 Å². The highest BCUT2D eigenvalue weighted by molar-refractivity contribution is 4.91. The molecule has 0 spiro atoms. The summed E-state index contributed by atoms with van der Waals surface area (Å²) in [5.41, 5.74) is 2.95. The molecule has 1 aliphatic heterocycles. The van der Waals surface area contributed by atoms with Crippen LogP contribution in [0.2, 0.25) is 0 Å². The number of hydrogen-bond donors (Lipinski definition) is 1. The second kappa shape index (κ2) is 2.15. The van der Waals surface area contributed by atoms with Gasteiger partial charge >= 0.3 is 0 Å². The van der Waals surface area contributed by atoms with Gasteiger partial charge in [0.2, 0.25) is 0 Å². The third kappa shape index (κ3) is 0.827. The molecule has 0 aromatic rings. The van der Waals surface area contributed by atoms with E-state index in [1.807, 2.05) is 24.3 Å². The first kappa shape index (κ1) is 5.59. The molecule has 0 saturated carbocycles. The smallest absolute Gasteiger partial charge is 0.147 e. The van der Waals surface area contributed by atoms with E-state index in [0.717, 1.165) is 0 Å². The number of nitrogens with one attached hydrogen (secondary N) is 1. The first-order chi connectivity index (χ1) is 3.84. The molecular weight excluding hydrogens is 104 g/mol. The SMILES string of the molecule is COC1C=CNN1C. The maximum atomic E-state index is 5.00. The third-order valence-corrected chi connectivity index (χ3v) is 1.16. The van der Waals surface area contributed by atoms with Gasteiger partial charge in [-0.05, 0) is 6.08 Å². The Morgan fingerprint density at radius 3 is 2.75 bits per heavy atom. The Morgan fingerprint density at radius 1 is 1.75 bits per heavy atom. The van der Waals surface area contributed by atoms with Crippen molar-refractivity contribution in [3.8, 4) is 0 Å². The van der Waals surface area contributed by atoms with Gasteiger partial charge in [-0.3, -0.25) is 0 Å². The van der Waals surface area contributed by atoms with Gasteiger partial charge in [0.05, 0.1) is 0 Å². The van der Waals surface area contributed by atoms with Crippen LogP contribution in [0, 0.1) is 0 Å².